The summed E-state index contributed by atoms with van der Waals surface area (Å²) >= 11 is 0. The molecule has 0 unspecified atom stereocenters. The Morgan fingerprint density at radius 2 is 1.85 bits per heavy atom. The normalized spacial score (nSPS) is 14.0. The molecule has 1 heterocycles. The molecule has 1 saturated carbocycles. The molecule has 1 aliphatic rings. The monoisotopic (exact) mass is 340 g/mol. The van der Waals surface area contributed by atoms with Gasteiger partial charge < -0.3 is 5.32 Å². The Kier molecular flexibility index (Phi) is 4.66. The van der Waals surface area contributed by atoms with Crippen LogP contribution < -0.4 is 5.32 Å². The molecule has 2 aromatic carbocycles. The second-order valence-corrected chi connectivity index (χ2v) is 6.68. The van der Waals surface area contributed by atoms with Crippen molar-refractivity contribution < 1.29 is 4.79 Å². The van der Waals surface area contributed by atoms with Crippen molar-refractivity contribution >= 4 is 22.4 Å². The van der Waals surface area contributed by atoms with Crippen LogP contribution in [0.5, 0.6) is 0 Å². The molecule has 1 aliphatic carbocycles. The molecular formula is C23H20N2O. The van der Waals surface area contributed by atoms with Crippen LogP contribution in [0.3, 0.4) is 0 Å². The molecule has 0 aliphatic heterocycles. The number of carbonyl (C=O) groups excluding carboxylic acids is 1. The first-order chi connectivity index (χ1) is 12.8. The van der Waals surface area contributed by atoms with Crippen molar-refractivity contribution in [2.75, 3.05) is 5.32 Å². The second kappa shape index (κ2) is 7.41. The van der Waals surface area contributed by atoms with Gasteiger partial charge in [0.05, 0.1) is 0 Å². The highest BCUT2D eigenvalue weighted by Crippen LogP contribution is 2.24. The highest BCUT2D eigenvalue weighted by Gasteiger charge is 2.11. The molecule has 4 rings (SSSR count). The van der Waals surface area contributed by atoms with Gasteiger partial charge in [-0.2, -0.15) is 0 Å². The van der Waals surface area contributed by atoms with Crippen LogP contribution in [0.25, 0.3) is 10.8 Å². The van der Waals surface area contributed by atoms with Gasteiger partial charge in [-0.25, -0.2) is 0 Å². The van der Waals surface area contributed by atoms with Gasteiger partial charge in [-0.15, -0.1) is 0 Å². The van der Waals surface area contributed by atoms with Crippen molar-refractivity contribution in [3.8, 4) is 11.8 Å². The Balaban J connectivity index is 1.49. The first-order valence-electron chi connectivity index (χ1n) is 9.05. The smallest absolute Gasteiger partial charge is 0.255 e. The lowest BCUT2D eigenvalue weighted by Crippen LogP contribution is -2.12. The average molecular weight is 340 g/mol. The molecule has 0 atom stereocenters. The maximum Gasteiger partial charge on any atom is 0.255 e. The summed E-state index contributed by atoms with van der Waals surface area (Å²) in [5.41, 5.74) is 2.38. The van der Waals surface area contributed by atoms with Gasteiger partial charge in [-0.1, -0.05) is 36.8 Å². The number of benzene rings is 2. The molecule has 0 bridgehead atoms. The average Bonchev–Trinajstić information content (AvgIpc) is 3.21. The molecule has 3 aromatic rings. The van der Waals surface area contributed by atoms with E-state index >= 15 is 0 Å². The number of hydrogen-bond acceptors (Lipinski definition) is 2. The van der Waals surface area contributed by atoms with E-state index in [1.807, 2.05) is 48.5 Å². The van der Waals surface area contributed by atoms with Crippen molar-refractivity contribution in [1.29, 1.82) is 0 Å². The molecule has 0 spiro atoms. The minimum Gasteiger partial charge on any atom is -0.321 e. The number of amides is 1. The zero-order chi connectivity index (χ0) is 17.8. The first-order valence-corrected chi connectivity index (χ1v) is 9.05. The molecule has 1 aromatic heterocycles. The fraction of sp³-hybridized carbons (Fsp3) is 0.217. The standard InChI is InChI=1S/C23H20N2O/c26-23(25-22-7-3-6-20-16-24-15-14-21(20)22)19-12-10-18(11-13-19)9-8-17-4-1-2-5-17/h3,6-7,10-17H,1-2,4-5H2,(H,25,26). The summed E-state index contributed by atoms with van der Waals surface area (Å²) in [5, 5.41) is 4.98. The Labute approximate surface area is 153 Å². The van der Waals surface area contributed by atoms with E-state index in [1.54, 1.807) is 12.4 Å². The van der Waals surface area contributed by atoms with Gasteiger partial charge in [0.2, 0.25) is 0 Å². The fourth-order valence-corrected chi connectivity index (χ4v) is 3.39. The van der Waals surface area contributed by atoms with Gasteiger partial charge >= 0.3 is 0 Å². The number of anilines is 1. The molecular weight excluding hydrogens is 320 g/mol. The number of pyridine rings is 1. The summed E-state index contributed by atoms with van der Waals surface area (Å²) in [6, 6.07) is 15.2. The number of fused-ring (bicyclic) bond motifs is 1. The SMILES string of the molecule is O=C(Nc1cccc2cnccc12)c1ccc(C#CC2CCCC2)cc1. The summed E-state index contributed by atoms with van der Waals surface area (Å²) < 4.78 is 0. The minimum atomic E-state index is -0.121. The van der Waals surface area contributed by atoms with E-state index in [1.165, 1.54) is 25.7 Å². The van der Waals surface area contributed by atoms with Crippen LogP contribution >= 0.6 is 0 Å². The molecule has 0 saturated heterocycles. The minimum absolute atomic E-state index is 0.121. The number of nitrogens with zero attached hydrogens (tertiary/aromatic N) is 1. The van der Waals surface area contributed by atoms with Gasteiger partial charge in [0.25, 0.3) is 5.91 Å². The van der Waals surface area contributed by atoms with Crippen LogP contribution in [-0.2, 0) is 0 Å². The van der Waals surface area contributed by atoms with Gasteiger partial charge in [-0.05, 0) is 49.2 Å². The predicted molar refractivity (Wildman–Crippen MR) is 105 cm³/mol. The Morgan fingerprint density at radius 3 is 2.65 bits per heavy atom. The zero-order valence-corrected chi connectivity index (χ0v) is 14.5. The summed E-state index contributed by atoms with van der Waals surface area (Å²) in [4.78, 5) is 16.7. The molecule has 3 nitrogen and oxygen atoms in total. The van der Waals surface area contributed by atoms with Crippen LogP contribution in [0.4, 0.5) is 5.69 Å². The molecule has 0 radical (unpaired) electrons. The summed E-state index contributed by atoms with van der Waals surface area (Å²) in [6.07, 6.45) is 8.55. The molecule has 1 N–H and O–H groups in total. The number of nitrogens with one attached hydrogen (secondary N) is 1. The van der Waals surface area contributed by atoms with Crippen LogP contribution in [0.2, 0.25) is 0 Å². The fourth-order valence-electron chi connectivity index (χ4n) is 3.39. The van der Waals surface area contributed by atoms with Crippen molar-refractivity contribution in [2.45, 2.75) is 25.7 Å². The highest BCUT2D eigenvalue weighted by atomic mass is 16.1. The van der Waals surface area contributed by atoms with E-state index in [4.69, 9.17) is 0 Å². The third-order valence-corrected chi connectivity index (χ3v) is 4.85. The molecule has 1 amide bonds. The summed E-state index contributed by atoms with van der Waals surface area (Å²) in [7, 11) is 0. The molecule has 3 heteroatoms. The quantitative estimate of drug-likeness (QED) is 0.665. The van der Waals surface area contributed by atoms with E-state index in [0.29, 0.717) is 11.5 Å². The number of aromatic nitrogens is 1. The number of hydrogen-bond donors (Lipinski definition) is 1. The number of rotatable bonds is 2. The van der Waals surface area contributed by atoms with E-state index in [9.17, 15) is 4.79 Å². The van der Waals surface area contributed by atoms with Crippen molar-refractivity contribution in [3.05, 3.63) is 72.1 Å². The van der Waals surface area contributed by atoms with Crippen molar-refractivity contribution in [2.24, 2.45) is 5.92 Å². The van der Waals surface area contributed by atoms with E-state index < -0.39 is 0 Å². The van der Waals surface area contributed by atoms with Crippen LogP contribution in [0, 0.1) is 17.8 Å². The lowest BCUT2D eigenvalue weighted by atomic mass is 10.1. The lowest BCUT2D eigenvalue weighted by Gasteiger charge is -2.08. The van der Waals surface area contributed by atoms with Gasteiger partial charge in [0, 0.05) is 45.9 Å². The predicted octanol–water partition coefficient (Wildman–Crippen LogP) is 5.03. The highest BCUT2D eigenvalue weighted by molar-refractivity contribution is 6.09. The van der Waals surface area contributed by atoms with Crippen LogP contribution in [0.1, 0.15) is 41.6 Å². The van der Waals surface area contributed by atoms with Crippen LogP contribution in [0.15, 0.2) is 60.9 Å². The maximum atomic E-state index is 12.6. The zero-order valence-electron chi connectivity index (χ0n) is 14.5. The second-order valence-electron chi connectivity index (χ2n) is 6.68. The van der Waals surface area contributed by atoms with E-state index in [0.717, 1.165) is 22.0 Å². The van der Waals surface area contributed by atoms with E-state index in [-0.39, 0.29) is 5.91 Å². The lowest BCUT2D eigenvalue weighted by molar-refractivity contribution is 0.102. The first kappa shape index (κ1) is 16.4. The van der Waals surface area contributed by atoms with Crippen molar-refractivity contribution in [1.82, 2.24) is 4.98 Å². The largest absolute Gasteiger partial charge is 0.321 e. The molecule has 128 valence electrons. The Bertz CT molecular complexity index is 985. The summed E-state index contributed by atoms with van der Waals surface area (Å²) in [6.45, 7) is 0. The van der Waals surface area contributed by atoms with Crippen LogP contribution in [-0.4, -0.2) is 10.9 Å². The van der Waals surface area contributed by atoms with Gasteiger partial charge in [0.15, 0.2) is 0 Å². The molecule has 26 heavy (non-hydrogen) atoms. The van der Waals surface area contributed by atoms with Crippen molar-refractivity contribution in [3.63, 3.8) is 0 Å². The maximum absolute atomic E-state index is 12.6. The van der Waals surface area contributed by atoms with Gasteiger partial charge in [-0.3, -0.25) is 9.78 Å². The van der Waals surface area contributed by atoms with Gasteiger partial charge in [0.1, 0.15) is 0 Å². The summed E-state index contributed by atoms with van der Waals surface area (Å²) in [5.74, 6) is 7.01. The Morgan fingerprint density at radius 1 is 1.04 bits per heavy atom. The third-order valence-electron chi connectivity index (χ3n) is 4.85. The number of carbonyl (C=O) groups is 1. The Hall–Kier alpha value is -3.12. The third kappa shape index (κ3) is 3.60. The topological polar surface area (TPSA) is 42.0 Å². The van der Waals surface area contributed by atoms with E-state index in [2.05, 4.69) is 22.1 Å². The molecule has 1 fully saturated rings.